The fourth-order valence-corrected chi connectivity index (χ4v) is 4.43. The molecule has 0 radical (unpaired) electrons. The van der Waals surface area contributed by atoms with Crippen molar-refractivity contribution < 1.29 is 18.0 Å². The molecule has 0 aliphatic rings. The van der Waals surface area contributed by atoms with E-state index in [2.05, 4.69) is 37.2 Å². The van der Waals surface area contributed by atoms with Crippen LogP contribution in [0.25, 0.3) is 0 Å². The summed E-state index contributed by atoms with van der Waals surface area (Å²) in [6, 6.07) is 13.2. The smallest absolute Gasteiger partial charge is 0.244 e. The minimum atomic E-state index is -3.74. The first-order valence-electron chi connectivity index (χ1n) is 10.5. The second-order valence-corrected chi connectivity index (χ2v) is 11.6. The summed E-state index contributed by atoms with van der Waals surface area (Å²) in [5.41, 5.74) is 1.19. The van der Waals surface area contributed by atoms with Crippen LogP contribution in [0.3, 0.4) is 0 Å². The number of benzene rings is 2. The van der Waals surface area contributed by atoms with Crippen molar-refractivity contribution >= 4 is 59.4 Å². The Kier molecular flexibility index (Phi) is 9.93. The minimum absolute atomic E-state index is 0.0418. The van der Waals surface area contributed by atoms with Crippen LogP contribution >= 0.6 is 31.9 Å². The molecule has 0 aliphatic heterocycles. The number of carbonyl (C=O) groups excluding carboxylic acids is 2. The van der Waals surface area contributed by atoms with Crippen LogP contribution in [0, 0.1) is 0 Å². The molecule has 2 rings (SSSR count). The lowest BCUT2D eigenvalue weighted by Gasteiger charge is -2.32. The van der Waals surface area contributed by atoms with E-state index in [-0.39, 0.29) is 18.5 Å². The van der Waals surface area contributed by atoms with Gasteiger partial charge in [0.05, 0.1) is 11.9 Å². The van der Waals surface area contributed by atoms with Gasteiger partial charge in [0.1, 0.15) is 12.6 Å². The lowest BCUT2D eigenvalue weighted by molar-refractivity contribution is -0.139. The Morgan fingerprint density at radius 2 is 1.48 bits per heavy atom. The molecule has 0 aromatic heterocycles. The first-order valence-corrected chi connectivity index (χ1v) is 13.9. The van der Waals surface area contributed by atoms with Gasteiger partial charge in [0, 0.05) is 21.5 Å². The SMILES string of the molecule is CC[C@@H](C)NC(=O)[C@H](C)N(Cc1ccc(Br)cc1)C(=O)CN(c1ccc(Br)cc1)S(C)(=O)=O. The van der Waals surface area contributed by atoms with Gasteiger partial charge in [-0.1, -0.05) is 50.9 Å². The number of carbonyl (C=O) groups is 2. The average molecular weight is 603 g/mol. The first-order chi connectivity index (χ1) is 15.4. The first kappa shape index (κ1) is 27.3. The topological polar surface area (TPSA) is 86.8 Å². The molecule has 180 valence electrons. The molecule has 7 nitrogen and oxygen atoms in total. The van der Waals surface area contributed by atoms with Crippen molar-refractivity contribution in [1.82, 2.24) is 10.2 Å². The summed E-state index contributed by atoms with van der Waals surface area (Å²) in [4.78, 5) is 27.7. The highest BCUT2D eigenvalue weighted by Crippen LogP contribution is 2.22. The van der Waals surface area contributed by atoms with Crippen LogP contribution in [0.5, 0.6) is 0 Å². The monoisotopic (exact) mass is 601 g/mol. The van der Waals surface area contributed by atoms with Gasteiger partial charge in [-0.2, -0.15) is 0 Å². The summed E-state index contributed by atoms with van der Waals surface area (Å²) in [7, 11) is -3.74. The standard InChI is InChI=1S/C23H29Br2N3O4S/c1-5-16(2)26-23(30)17(3)27(14-18-6-8-19(24)9-7-18)22(29)15-28(33(4,31)32)21-12-10-20(25)11-13-21/h6-13,16-17H,5,14-15H2,1-4H3,(H,26,30)/t16-,17+/m1/s1. The summed E-state index contributed by atoms with van der Waals surface area (Å²) in [6.45, 7) is 5.25. The fourth-order valence-electron chi connectivity index (χ4n) is 3.06. The fraction of sp³-hybridized carbons (Fsp3) is 0.391. The van der Waals surface area contributed by atoms with E-state index in [0.29, 0.717) is 5.69 Å². The molecule has 0 saturated carbocycles. The van der Waals surface area contributed by atoms with E-state index in [4.69, 9.17) is 0 Å². The predicted molar refractivity (Wildman–Crippen MR) is 138 cm³/mol. The van der Waals surface area contributed by atoms with Gasteiger partial charge in [-0.15, -0.1) is 0 Å². The lowest BCUT2D eigenvalue weighted by atomic mass is 10.1. The van der Waals surface area contributed by atoms with Crippen LogP contribution in [-0.2, 0) is 26.2 Å². The van der Waals surface area contributed by atoms with E-state index in [1.165, 1.54) is 4.90 Å². The molecule has 2 amide bonds. The molecule has 0 heterocycles. The summed E-state index contributed by atoms with van der Waals surface area (Å²) in [5.74, 6) is -0.762. The van der Waals surface area contributed by atoms with Gasteiger partial charge in [-0.05, 0) is 62.2 Å². The van der Waals surface area contributed by atoms with Crippen molar-refractivity contribution in [3.05, 3.63) is 63.0 Å². The van der Waals surface area contributed by atoms with Crippen LogP contribution in [0.2, 0.25) is 0 Å². The quantitative estimate of drug-likeness (QED) is 0.439. The summed E-state index contributed by atoms with van der Waals surface area (Å²) in [5, 5.41) is 2.90. The number of nitrogens with zero attached hydrogens (tertiary/aromatic N) is 2. The zero-order chi connectivity index (χ0) is 24.8. The zero-order valence-corrected chi connectivity index (χ0v) is 23.1. The van der Waals surface area contributed by atoms with Gasteiger partial charge < -0.3 is 10.2 Å². The Morgan fingerprint density at radius 3 is 1.97 bits per heavy atom. The average Bonchev–Trinajstić information content (AvgIpc) is 2.76. The maximum atomic E-state index is 13.4. The molecule has 33 heavy (non-hydrogen) atoms. The highest BCUT2D eigenvalue weighted by molar-refractivity contribution is 9.10. The number of nitrogens with one attached hydrogen (secondary N) is 1. The number of amides is 2. The van der Waals surface area contributed by atoms with E-state index >= 15 is 0 Å². The Balaban J connectivity index is 2.36. The molecule has 0 fully saturated rings. The van der Waals surface area contributed by atoms with Gasteiger partial charge in [0.25, 0.3) is 0 Å². The van der Waals surface area contributed by atoms with Gasteiger partial charge in [-0.25, -0.2) is 8.42 Å². The number of hydrogen-bond acceptors (Lipinski definition) is 4. The van der Waals surface area contributed by atoms with Crippen molar-refractivity contribution in [2.75, 3.05) is 17.1 Å². The molecule has 0 spiro atoms. The molecule has 2 atom stereocenters. The highest BCUT2D eigenvalue weighted by atomic mass is 79.9. The molecular weight excluding hydrogens is 574 g/mol. The normalized spacial score (nSPS) is 13.2. The Morgan fingerprint density at radius 1 is 0.970 bits per heavy atom. The van der Waals surface area contributed by atoms with Crippen molar-refractivity contribution in [1.29, 1.82) is 0 Å². The molecule has 0 bridgehead atoms. The van der Waals surface area contributed by atoms with Crippen LogP contribution in [0.4, 0.5) is 5.69 Å². The number of halogens is 2. The third-order valence-corrected chi connectivity index (χ3v) is 7.43. The largest absolute Gasteiger partial charge is 0.352 e. The van der Waals surface area contributed by atoms with E-state index in [1.54, 1.807) is 31.2 Å². The molecular formula is C23H29Br2N3O4S. The second kappa shape index (κ2) is 12.0. The second-order valence-electron chi connectivity index (χ2n) is 7.89. The molecule has 10 heteroatoms. The van der Waals surface area contributed by atoms with E-state index < -0.39 is 28.5 Å². The van der Waals surface area contributed by atoms with E-state index in [0.717, 1.165) is 31.5 Å². The van der Waals surface area contributed by atoms with Crippen LogP contribution in [0.15, 0.2) is 57.5 Å². The Hall–Kier alpha value is -1.91. The summed E-state index contributed by atoms with van der Waals surface area (Å²) < 4.78 is 27.8. The zero-order valence-electron chi connectivity index (χ0n) is 19.1. The Bertz CT molecular complexity index is 1060. The summed E-state index contributed by atoms with van der Waals surface area (Å²) in [6.07, 6.45) is 1.81. The maximum absolute atomic E-state index is 13.4. The van der Waals surface area contributed by atoms with Gasteiger partial charge in [0.2, 0.25) is 21.8 Å². The van der Waals surface area contributed by atoms with E-state index in [9.17, 15) is 18.0 Å². The van der Waals surface area contributed by atoms with E-state index in [1.807, 2.05) is 38.1 Å². The predicted octanol–water partition coefficient (Wildman–Crippen LogP) is 4.31. The summed E-state index contributed by atoms with van der Waals surface area (Å²) >= 11 is 6.72. The maximum Gasteiger partial charge on any atom is 0.244 e. The third-order valence-electron chi connectivity index (χ3n) is 5.23. The Labute approximate surface area is 212 Å². The van der Waals surface area contributed by atoms with Crippen LogP contribution in [0.1, 0.15) is 32.8 Å². The number of hydrogen-bond donors (Lipinski definition) is 1. The van der Waals surface area contributed by atoms with Crippen molar-refractivity contribution in [3.8, 4) is 0 Å². The molecule has 0 saturated heterocycles. The lowest BCUT2D eigenvalue weighted by Crippen LogP contribution is -2.52. The van der Waals surface area contributed by atoms with Crippen molar-refractivity contribution in [2.45, 2.75) is 45.8 Å². The molecule has 2 aromatic rings. The molecule has 1 N–H and O–H groups in total. The van der Waals surface area contributed by atoms with Crippen LogP contribution < -0.4 is 9.62 Å². The van der Waals surface area contributed by atoms with Crippen LogP contribution in [-0.4, -0.2) is 50.0 Å². The molecule has 0 aliphatic carbocycles. The number of anilines is 1. The van der Waals surface area contributed by atoms with Crippen molar-refractivity contribution in [3.63, 3.8) is 0 Å². The van der Waals surface area contributed by atoms with Crippen molar-refractivity contribution in [2.24, 2.45) is 0 Å². The number of rotatable bonds is 10. The number of sulfonamides is 1. The van der Waals surface area contributed by atoms with Gasteiger partial charge in [0.15, 0.2) is 0 Å². The molecule has 0 unspecified atom stereocenters. The molecule has 2 aromatic carbocycles. The van der Waals surface area contributed by atoms with Gasteiger partial charge >= 0.3 is 0 Å². The van der Waals surface area contributed by atoms with Gasteiger partial charge in [-0.3, -0.25) is 13.9 Å². The third kappa shape index (κ3) is 8.12. The minimum Gasteiger partial charge on any atom is -0.352 e. The highest BCUT2D eigenvalue weighted by Gasteiger charge is 2.30.